The molecule has 0 saturated carbocycles. The highest BCUT2D eigenvalue weighted by atomic mass is 32.1. The van der Waals surface area contributed by atoms with Crippen molar-refractivity contribution in [2.45, 2.75) is 19.6 Å². The number of morpholine rings is 1. The van der Waals surface area contributed by atoms with Gasteiger partial charge in [0.1, 0.15) is 6.10 Å². The summed E-state index contributed by atoms with van der Waals surface area (Å²) in [5, 5.41) is 8.05. The molecule has 1 saturated heterocycles. The van der Waals surface area contributed by atoms with E-state index in [0.717, 1.165) is 48.2 Å². The number of nitrogens with one attached hydrogen (secondary N) is 1. The van der Waals surface area contributed by atoms with Gasteiger partial charge < -0.3 is 4.74 Å². The van der Waals surface area contributed by atoms with Crippen molar-refractivity contribution < 1.29 is 4.74 Å². The van der Waals surface area contributed by atoms with E-state index in [9.17, 15) is 0 Å². The lowest BCUT2D eigenvalue weighted by molar-refractivity contribution is -0.0346. The van der Waals surface area contributed by atoms with Crippen molar-refractivity contribution in [1.29, 1.82) is 0 Å². The van der Waals surface area contributed by atoms with Crippen LogP contribution in [0.4, 0.5) is 0 Å². The van der Waals surface area contributed by atoms with Crippen LogP contribution in [0, 0.1) is 6.92 Å². The van der Waals surface area contributed by atoms with Gasteiger partial charge in [-0.1, -0.05) is 0 Å². The summed E-state index contributed by atoms with van der Waals surface area (Å²) in [6.07, 6.45) is 5.61. The number of aryl methyl sites for hydroxylation is 1. The predicted molar refractivity (Wildman–Crippen MR) is 92.6 cm³/mol. The molecule has 1 atom stereocenters. The number of pyridine rings is 1. The fraction of sp³-hybridized carbons (Fsp3) is 0.353. The molecule has 4 rings (SSSR count). The molecule has 1 aliphatic heterocycles. The Kier molecular flexibility index (Phi) is 4.38. The first-order chi connectivity index (χ1) is 11.8. The first kappa shape index (κ1) is 15.4. The van der Waals surface area contributed by atoms with E-state index in [4.69, 9.17) is 4.74 Å². The highest BCUT2D eigenvalue weighted by molar-refractivity contribution is 7.11. The second-order valence-corrected chi connectivity index (χ2v) is 7.20. The van der Waals surface area contributed by atoms with E-state index in [0.29, 0.717) is 0 Å². The third kappa shape index (κ3) is 3.38. The lowest BCUT2D eigenvalue weighted by Crippen LogP contribution is -2.37. The van der Waals surface area contributed by atoms with Crippen LogP contribution >= 0.6 is 11.3 Å². The first-order valence-electron chi connectivity index (χ1n) is 7.99. The molecule has 6 nitrogen and oxygen atoms in total. The molecule has 0 aromatic carbocycles. The third-order valence-electron chi connectivity index (χ3n) is 4.13. The fourth-order valence-corrected chi connectivity index (χ4v) is 3.73. The maximum absolute atomic E-state index is 5.93. The van der Waals surface area contributed by atoms with Gasteiger partial charge in [-0.15, -0.1) is 11.3 Å². The SMILES string of the molecule is Cc1ncc(CN2CCO[C@H](c3ccc(-c4ccn[nH]4)cn3)C2)s1. The molecule has 0 amide bonds. The average Bonchev–Trinajstić information content (AvgIpc) is 3.27. The van der Waals surface area contributed by atoms with Gasteiger partial charge in [0.05, 0.1) is 23.0 Å². The van der Waals surface area contributed by atoms with Gasteiger partial charge in [0.25, 0.3) is 0 Å². The maximum atomic E-state index is 5.93. The van der Waals surface area contributed by atoms with Gasteiger partial charge in [0.15, 0.2) is 0 Å². The Bertz CT molecular complexity index is 784. The Hall–Kier alpha value is -2.09. The number of rotatable bonds is 4. The summed E-state index contributed by atoms with van der Waals surface area (Å²) in [4.78, 5) is 12.6. The second kappa shape index (κ2) is 6.80. The summed E-state index contributed by atoms with van der Waals surface area (Å²) in [6, 6.07) is 6.04. The number of hydrogen-bond donors (Lipinski definition) is 1. The lowest BCUT2D eigenvalue weighted by atomic mass is 10.1. The molecule has 0 bridgehead atoms. The molecule has 3 aromatic heterocycles. The van der Waals surface area contributed by atoms with Crippen molar-refractivity contribution in [3.63, 3.8) is 0 Å². The van der Waals surface area contributed by atoms with E-state index in [-0.39, 0.29) is 6.10 Å². The van der Waals surface area contributed by atoms with Crippen molar-refractivity contribution in [1.82, 2.24) is 25.1 Å². The zero-order valence-corrected chi connectivity index (χ0v) is 14.3. The summed E-state index contributed by atoms with van der Waals surface area (Å²) < 4.78 is 5.93. The summed E-state index contributed by atoms with van der Waals surface area (Å²) >= 11 is 1.76. The molecule has 4 heterocycles. The van der Waals surface area contributed by atoms with Gasteiger partial charge in [0, 0.05) is 48.7 Å². The number of hydrogen-bond acceptors (Lipinski definition) is 6. The molecule has 7 heteroatoms. The summed E-state index contributed by atoms with van der Waals surface area (Å²) in [7, 11) is 0. The molecule has 0 spiro atoms. The molecule has 0 radical (unpaired) electrons. The zero-order chi connectivity index (χ0) is 16.4. The normalized spacial score (nSPS) is 18.8. The van der Waals surface area contributed by atoms with Crippen molar-refractivity contribution in [3.8, 4) is 11.3 Å². The number of thiazole rings is 1. The van der Waals surface area contributed by atoms with Crippen LogP contribution in [0.1, 0.15) is 21.7 Å². The quantitative estimate of drug-likeness (QED) is 0.790. The van der Waals surface area contributed by atoms with Crippen LogP contribution in [0.2, 0.25) is 0 Å². The molecular formula is C17H19N5OS. The zero-order valence-electron chi connectivity index (χ0n) is 13.5. The van der Waals surface area contributed by atoms with Crippen LogP contribution in [0.3, 0.4) is 0 Å². The Morgan fingerprint density at radius 2 is 2.25 bits per heavy atom. The number of aromatic nitrogens is 4. The number of nitrogens with zero attached hydrogens (tertiary/aromatic N) is 4. The maximum Gasteiger partial charge on any atom is 0.112 e. The smallest absolute Gasteiger partial charge is 0.112 e. The van der Waals surface area contributed by atoms with E-state index < -0.39 is 0 Å². The Labute approximate surface area is 144 Å². The summed E-state index contributed by atoms with van der Waals surface area (Å²) in [5.74, 6) is 0. The van der Waals surface area contributed by atoms with Crippen LogP contribution in [0.5, 0.6) is 0 Å². The minimum absolute atomic E-state index is 0.0172. The molecular weight excluding hydrogens is 322 g/mol. The topological polar surface area (TPSA) is 66.9 Å². The largest absolute Gasteiger partial charge is 0.369 e. The molecule has 0 aliphatic carbocycles. The van der Waals surface area contributed by atoms with Gasteiger partial charge in [-0.05, 0) is 25.1 Å². The highest BCUT2D eigenvalue weighted by Crippen LogP contribution is 2.24. The van der Waals surface area contributed by atoms with Gasteiger partial charge in [-0.25, -0.2) is 4.98 Å². The first-order valence-corrected chi connectivity index (χ1v) is 8.80. The summed E-state index contributed by atoms with van der Waals surface area (Å²) in [5.41, 5.74) is 2.98. The molecule has 1 fully saturated rings. The molecule has 24 heavy (non-hydrogen) atoms. The van der Waals surface area contributed by atoms with Crippen molar-refractivity contribution in [3.05, 3.63) is 52.4 Å². The van der Waals surface area contributed by atoms with E-state index in [1.165, 1.54) is 4.88 Å². The minimum Gasteiger partial charge on any atom is -0.369 e. The monoisotopic (exact) mass is 341 g/mol. The molecule has 124 valence electrons. The Balaban J connectivity index is 1.43. The average molecular weight is 341 g/mol. The standard InChI is InChI=1S/C17H19N5OS/c1-12-18-9-14(24-12)10-22-6-7-23-17(11-22)16-3-2-13(8-19-16)15-4-5-20-21-15/h2-5,8-9,17H,6-7,10-11H2,1H3,(H,20,21)/t17-/m0/s1. The van der Waals surface area contributed by atoms with E-state index in [1.807, 2.05) is 31.5 Å². The van der Waals surface area contributed by atoms with Crippen LogP contribution < -0.4 is 0 Å². The molecule has 3 aromatic rings. The van der Waals surface area contributed by atoms with E-state index >= 15 is 0 Å². The fourth-order valence-electron chi connectivity index (χ4n) is 2.90. The number of aromatic amines is 1. The highest BCUT2D eigenvalue weighted by Gasteiger charge is 2.23. The molecule has 1 aliphatic rings. The van der Waals surface area contributed by atoms with Crippen molar-refractivity contribution >= 4 is 11.3 Å². The Morgan fingerprint density at radius 1 is 1.29 bits per heavy atom. The van der Waals surface area contributed by atoms with Gasteiger partial charge >= 0.3 is 0 Å². The Morgan fingerprint density at radius 3 is 2.96 bits per heavy atom. The number of ether oxygens (including phenoxy) is 1. The van der Waals surface area contributed by atoms with E-state index in [1.54, 1.807) is 17.5 Å². The summed E-state index contributed by atoms with van der Waals surface area (Å²) in [6.45, 7) is 5.50. The van der Waals surface area contributed by atoms with Gasteiger partial charge in [0.2, 0.25) is 0 Å². The van der Waals surface area contributed by atoms with Crippen LogP contribution in [0.15, 0.2) is 36.8 Å². The lowest BCUT2D eigenvalue weighted by Gasteiger charge is -2.32. The van der Waals surface area contributed by atoms with Crippen molar-refractivity contribution in [2.75, 3.05) is 19.7 Å². The van der Waals surface area contributed by atoms with E-state index in [2.05, 4.69) is 31.1 Å². The molecule has 1 N–H and O–H groups in total. The van der Waals surface area contributed by atoms with Crippen LogP contribution in [0.25, 0.3) is 11.3 Å². The third-order valence-corrected chi connectivity index (χ3v) is 5.02. The van der Waals surface area contributed by atoms with Gasteiger partial charge in [-0.2, -0.15) is 5.10 Å². The molecule has 0 unspecified atom stereocenters. The van der Waals surface area contributed by atoms with Crippen LogP contribution in [-0.4, -0.2) is 44.8 Å². The predicted octanol–water partition coefficient (Wildman–Crippen LogP) is 2.81. The van der Waals surface area contributed by atoms with Gasteiger partial charge in [-0.3, -0.25) is 15.0 Å². The van der Waals surface area contributed by atoms with Crippen molar-refractivity contribution in [2.24, 2.45) is 0 Å². The second-order valence-electron chi connectivity index (χ2n) is 5.88. The number of H-pyrrole nitrogens is 1. The minimum atomic E-state index is 0.0172. The van der Waals surface area contributed by atoms with Crippen LogP contribution in [-0.2, 0) is 11.3 Å².